The fourth-order valence-corrected chi connectivity index (χ4v) is 1.66. The molecule has 0 radical (unpaired) electrons. The van der Waals surface area contributed by atoms with Gasteiger partial charge >= 0.3 is 6.03 Å². The number of hydrogen-bond acceptors (Lipinski definition) is 5. The fourth-order valence-electron chi connectivity index (χ4n) is 1.24. The summed E-state index contributed by atoms with van der Waals surface area (Å²) in [6, 6.07) is 2.42. The molecule has 5 N–H and O–H groups in total. The minimum absolute atomic E-state index is 0.264. The fraction of sp³-hybridized carbons (Fsp3) is 0.182. The summed E-state index contributed by atoms with van der Waals surface area (Å²) in [6.07, 6.45) is 1.37. The molecule has 0 aliphatic rings. The van der Waals surface area contributed by atoms with Gasteiger partial charge in [-0.1, -0.05) is 0 Å². The molecule has 0 saturated carbocycles. The number of ether oxygens (including phenoxy) is 2. The van der Waals surface area contributed by atoms with Gasteiger partial charge in [-0.25, -0.2) is 10.2 Å². The van der Waals surface area contributed by atoms with Crippen LogP contribution in [0.4, 0.5) is 4.79 Å². The number of carbonyl (C=O) groups is 2. The van der Waals surface area contributed by atoms with E-state index in [2.05, 4.69) is 26.5 Å². The zero-order valence-corrected chi connectivity index (χ0v) is 12.1. The van der Waals surface area contributed by atoms with Gasteiger partial charge in [0.2, 0.25) is 0 Å². The van der Waals surface area contributed by atoms with Crippen LogP contribution in [-0.2, 0) is 4.79 Å². The van der Waals surface area contributed by atoms with Gasteiger partial charge in [0.05, 0.1) is 13.3 Å². The minimum Gasteiger partial charge on any atom is -0.493 e. The summed E-state index contributed by atoms with van der Waals surface area (Å²) in [5.41, 5.74) is 12.6. The van der Waals surface area contributed by atoms with Crippen molar-refractivity contribution in [3.8, 4) is 11.5 Å². The summed E-state index contributed by atoms with van der Waals surface area (Å²) in [6.45, 7) is -0.264. The van der Waals surface area contributed by atoms with Crippen LogP contribution in [0.2, 0.25) is 0 Å². The van der Waals surface area contributed by atoms with Crippen molar-refractivity contribution < 1.29 is 19.1 Å². The zero-order chi connectivity index (χ0) is 15.1. The molecule has 3 amide bonds. The van der Waals surface area contributed by atoms with Crippen LogP contribution in [0.15, 0.2) is 21.7 Å². The van der Waals surface area contributed by atoms with Crippen molar-refractivity contribution in [2.45, 2.75) is 0 Å². The summed E-state index contributed by atoms with van der Waals surface area (Å²) < 4.78 is 11.0. The van der Waals surface area contributed by atoms with E-state index in [9.17, 15) is 9.59 Å². The number of nitrogens with two attached hydrogens (primary N) is 2. The molecule has 0 fully saturated rings. The first-order valence-electron chi connectivity index (χ1n) is 5.31. The SMILES string of the molecule is COc1cc(/C=N/NC(N)=O)c(Br)cc1OCC(N)=O. The van der Waals surface area contributed by atoms with Crippen LogP contribution in [0, 0.1) is 0 Å². The van der Waals surface area contributed by atoms with Gasteiger partial charge in [-0.2, -0.15) is 5.10 Å². The second-order valence-corrected chi connectivity index (χ2v) is 4.37. The maximum atomic E-state index is 10.7. The first-order valence-corrected chi connectivity index (χ1v) is 6.10. The van der Waals surface area contributed by atoms with Crippen LogP contribution in [-0.4, -0.2) is 31.9 Å². The molecule has 9 heteroatoms. The first-order chi connectivity index (χ1) is 9.43. The molecule has 108 valence electrons. The van der Waals surface area contributed by atoms with Gasteiger partial charge in [0.25, 0.3) is 5.91 Å². The number of halogens is 1. The Morgan fingerprint density at radius 2 is 2.10 bits per heavy atom. The third kappa shape index (κ3) is 4.76. The summed E-state index contributed by atoms with van der Waals surface area (Å²) in [7, 11) is 1.45. The van der Waals surface area contributed by atoms with E-state index >= 15 is 0 Å². The zero-order valence-electron chi connectivity index (χ0n) is 10.6. The smallest absolute Gasteiger partial charge is 0.332 e. The van der Waals surface area contributed by atoms with Crippen LogP contribution < -0.4 is 26.4 Å². The molecule has 20 heavy (non-hydrogen) atoms. The van der Waals surface area contributed by atoms with Gasteiger partial charge in [-0.15, -0.1) is 0 Å². The van der Waals surface area contributed by atoms with Crippen LogP contribution in [0.1, 0.15) is 5.56 Å². The largest absolute Gasteiger partial charge is 0.493 e. The lowest BCUT2D eigenvalue weighted by molar-refractivity contribution is -0.119. The molecular formula is C11H13BrN4O4. The summed E-state index contributed by atoms with van der Waals surface area (Å²) in [5.74, 6) is 0.132. The number of hydrazone groups is 1. The number of urea groups is 1. The Labute approximate surface area is 123 Å². The number of carbonyl (C=O) groups excluding carboxylic acids is 2. The molecule has 0 saturated heterocycles. The highest BCUT2D eigenvalue weighted by Crippen LogP contribution is 2.32. The van der Waals surface area contributed by atoms with Crippen molar-refractivity contribution >= 4 is 34.1 Å². The number of primary amides is 2. The average Bonchev–Trinajstić information content (AvgIpc) is 2.37. The Kier molecular flexibility index (Phi) is 5.78. The van der Waals surface area contributed by atoms with E-state index < -0.39 is 11.9 Å². The number of benzene rings is 1. The topological polar surface area (TPSA) is 129 Å². The van der Waals surface area contributed by atoms with E-state index in [1.807, 2.05) is 0 Å². The third-order valence-electron chi connectivity index (χ3n) is 2.03. The molecule has 1 aromatic carbocycles. The molecule has 8 nitrogen and oxygen atoms in total. The van der Waals surface area contributed by atoms with Crippen molar-refractivity contribution in [2.24, 2.45) is 16.6 Å². The predicted octanol–water partition coefficient (Wildman–Crippen LogP) is 0.324. The first kappa shape index (κ1) is 15.8. The lowest BCUT2D eigenvalue weighted by atomic mass is 10.2. The van der Waals surface area contributed by atoms with E-state index in [0.29, 0.717) is 21.5 Å². The summed E-state index contributed by atoms with van der Waals surface area (Å²) >= 11 is 3.30. The Balaban J connectivity index is 2.97. The maximum absolute atomic E-state index is 10.7. The van der Waals surface area contributed by atoms with Gasteiger partial charge in [-0.05, 0) is 28.1 Å². The molecule has 0 aromatic heterocycles. The van der Waals surface area contributed by atoms with Crippen LogP contribution in [0.25, 0.3) is 0 Å². The van der Waals surface area contributed by atoms with Crippen molar-refractivity contribution in [3.63, 3.8) is 0 Å². The van der Waals surface area contributed by atoms with Gasteiger partial charge < -0.3 is 20.9 Å². The van der Waals surface area contributed by atoms with Crippen molar-refractivity contribution in [1.29, 1.82) is 0 Å². The number of hydrogen-bond donors (Lipinski definition) is 3. The molecule has 1 aromatic rings. The molecule has 0 aliphatic carbocycles. The molecule has 0 bridgehead atoms. The second-order valence-electron chi connectivity index (χ2n) is 3.51. The number of methoxy groups -OCH3 is 1. The maximum Gasteiger partial charge on any atom is 0.332 e. The summed E-state index contributed by atoms with van der Waals surface area (Å²) in [5, 5.41) is 3.63. The Bertz CT molecular complexity index is 547. The molecule has 1 rings (SSSR count). The monoisotopic (exact) mass is 344 g/mol. The molecule has 0 heterocycles. The molecule has 0 spiro atoms. The molecule has 0 atom stereocenters. The third-order valence-corrected chi connectivity index (χ3v) is 2.72. The van der Waals surface area contributed by atoms with Gasteiger partial charge in [0.1, 0.15) is 0 Å². The van der Waals surface area contributed by atoms with E-state index in [0.717, 1.165) is 0 Å². The normalized spacial score (nSPS) is 10.3. The van der Waals surface area contributed by atoms with Crippen LogP contribution in [0.3, 0.4) is 0 Å². The molecule has 0 aliphatic heterocycles. The van der Waals surface area contributed by atoms with Crippen molar-refractivity contribution in [1.82, 2.24) is 5.43 Å². The standard InChI is InChI=1S/C11H13BrN4O4/c1-19-8-2-6(4-15-16-11(14)18)7(12)3-9(8)20-5-10(13)17/h2-4H,5H2,1H3,(H2,13,17)(H3,14,16,18)/b15-4+. The quantitative estimate of drug-likeness (QED) is 0.506. The summed E-state index contributed by atoms with van der Waals surface area (Å²) in [4.78, 5) is 21.2. The predicted molar refractivity (Wildman–Crippen MR) is 75.7 cm³/mol. The van der Waals surface area contributed by atoms with Gasteiger partial charge in [0.15, 0.2) is 18.1 Å². The number of nitrogens with zero attached hydrogens (tertiary/aromatic N) is 1. The minimum atomic E-state index is -0.772. The van der Waals surface area contributed by atoms with Crippen LogP contribution >= 0.6 is 15.9 Å². The average molecular weight is 345 g/mol. The highest BCUT2D eigenvalue weighted by molar-refractivity contribution is 9.10. The molecular weight excluding hydrogens is 332 g/mol. The van der Waals surface area contributed by atoms with Gasteiger partial charge in [-0.3, -0.25) is 4.79 Å². The van der Waals surface area contributed by atoms with E-state index in [-0.39, 0.29) is 6.61 Å². The lowest BCUT2D eigenvalue weighted by Crippen LogP contribution is -2.24. The Morgan fingerprint density at radius 1 is 1.40 bits per heavy atom. The molecule has 0 unspecified atom stereocenters. The number of nitrogens with one attached hydrogen (secondary N) is 1. The Morgan fingerprint density at radius 3 is 2.65 bits per heavy atom. The lowest BCUT2D eigenvalue weighted by Gasteiger charge is -2.11. The van der Waals surface area contributed by atoms with Gasteiger partial charge in [0, 0.05) is 10.0 Å². The van der Waals surface area contributed by atoms with Crippen molar-refractivity contribution in [3.05, 3.63) is 22.2 Å². The van der Waals surface area contributed by atoms with E-state index in [1.165, 1.54) is 13.3 Å². The van der Waals surface area contributed by atoms with E-state index in [1.54, 1.807) is 12.1 Å². The van der Waals surface area contributed by atoms with Crippen LogP contribution in [0.5, 0.6) is 11.5 Å². The second kappa shape index (κ2) is 7.34. The highest BCUT2D eigenvalue weighted by atomic mass is 79.9. The Hall–Kier alpha value is -2.29. The number of amides is 3. The number of rotatable bonds is 6. The highest BCUT2D eigenvalue weighted by Gasteiger charge is 2.10. The van der Waals surface area contributed by atoms with E-state index in [4.69, 9.17) is 20.9 Å². The van der Waals surface area contributed by atoms with Crippen molar-refractivity contribution in [2.75, 3.05) is 13.7 Å².